The number of benzene rings is 1. The van der Waals surface area contributed by atoms with E-state index in [9.17, 15) is 10.1 Å². The fourth-order valence-corrected chi connectivity index (χ4v) is 1.69. The van der Waals surface area contributed by atoms with Crippen LogP contribution < -0.4 is 5.32 Å². The molecule has 7 nitrogen and oxygen atoms in total. The summed E-state index contributed by atoms with van der Waals surface area (Å²) in [6, 6.07) is 4.63. The number of fused-ring (bicyclic) bond motifs is 1. The number of nitrogens with zero attached hydrogens (tertiary/aromatic N) is 2. The molecule has 0 aliphatic carbocycles. The van der Waals surface area contributed by atoms with Crippen LogP contribution in [0.2, 0.25) is 0 Å². The van der Waals surface area contributed by atoms with Crippen molar-refractivity contribution >= 4 is 22.8 Å². The highest BCUT2D eigenvalue weighted by atomic mass is 16.6. The Balaban J connectivity index is 2.11. The summed E-state index contributed by atoms with van der Waals surface area (Å²) < 4.78 is 5.40. The number of nitro benzene ring substituents is 1. The molecule has 0 radical (unpaired) electrons. The Labute approximate surface area is 109 Å². The van der Waals surface area contributed by atoms with E-state index < -0.39 is 4.92 Å². The lowest BCUT2D eigenvalue weighted by Crippen LogP contribution is -2.12. The van der Waals surface area contributed by atoms with E-state index in [-0.39, 0.29) is 18.2 Å². The minimum Gasteiger partial charge on any atom is -0.423 e. The Morgan fingerprint density at radius 2 is 2.37 bits per heavy atom. The first-order valence-electron chi connectivity index (χ1n) is 6.00. The molecule has 1 atom stereocenters. The molecule has 0 saturated heterocycles. The van der Waals surface area contributed by atoms with Crippen LogP contribution in [0, 0.1) is 16.0 Å². The average Bonchev–Trinajstić information content (AvgIpc) is 2.78. The molecule has 0 fully saturated rings. The number of nitrogens with one attached hydrogen (secondary N) is 1. The van der Waals surface area contributed by atoms with E-state index in [2.05, 4.69) is 10.3 Å². The molecule has 0 aliphatic rings. The molecule has 2 aromatic rings. The van der Waals surface area contributed by atoms with Crippen LogP contribution in [-0.2, 0) is 0 Å². The van der Waals surface area contributed by atoms with Crippen LogP contribution >= 0.6 is 0 Å². The molecular weight excluding hydrogens is 250 g/mol. The Kier molecular flexibility index (Phi) is 3.96. The SMILES string of the molecule is CC(CCO)CNc1nc2ccc([N+](=O)[O-])cc2o1. The van der Waals surface area contributed by atoms with E-state index in [4.69, 9.17) is 9.52 Å². The first kappa shape index (κ1) is 13.3. The van der Waals surface area contributed by atoms with Crippen molar-refractivity contribution in [3.8, 4) is 0 Å². The Hall–Kier alpha value is -2.15. The smallest absolute Gasteiger partial charge is 0.295 e. The second-order valence-electron chi connectivity index (χ2n) is 4.43. The second-order valence-corrected chi connectivity index (χ2v) is 4.43. The Morgan fingerprint density at radius 3 is 3.05 bits per heavy atom. The van der Waals surface area contributed by atoms with Gasteiger partial charge in [0.1, 0.15) is 5.52 Å². The van der Waals surface area contributed by atoms with Gasteiger partial charge in [-0.3, -0.25) is 10.1 Å². The van der Waals surface area contributed by atoms with E-state index in [0.29, 0.717) is 30.1 Å². The van der Waals surface area contributed by atoms with Gasteiger partial charge in [-0.2, -0.15) is 4.98 Å². The maximum absolute atomic E-state index is 10.6. The number of nitro groups is 1. The molecule has 0 bridgehead atoms. The number of anilines is 1. The van der Waals surface area contributed by atoms with E-state index in [1.54, 1.807) is 6.07 Å². The Morgan fingerprint density at radius 1 is 1.58 bits per heavy atom. The molecule has 2 N–H and O–H groups in total. The minimum absolute atomic E-state index is 0.0242. The number of oxazole rings is 1. The maximum atomic E-state index is 10.6. The number of non-ortho nitro benzene ring substituents is 1. The van der Waals surface area contributed by atoms with Crippen molar-refractivity contribution in [2.45, 2.75) is 13.3 Å². The molecule has 2 rings (SSSR count). The normalized spacial score (nSPS) is 12.5. The monoisotopic (exact) mass is 265 g/mol. The van der Waals surface area contributed by atoms with Crippen LogP contribution in [0.3, 0.4) is 0 Å². The van der Waals surface area contributed by atoms with Gasteiger partial charge in [-0.05, 0) is 18.4 Å². The standard InChI is InChI=1S/C12H15N3O4/c1-8(4-5-16)7-13-12-14-10-3-2-9(15(17)18)6-11(10)19-12/h2-3,6,8,16H,4-5,7H2,1H3,(H,13,14). The fourth-order valence-electron chi connectivity index (χ4n) is 1.69. The molecule has 0 saturated carbocycles. The summed E-state index contributed by atoms with van der Waals surface area (Å²) in [5.41, 5.74) is 0.929. The average molecular weight is 265 g/mol. The fraction of sp³-hybridized carbons (Fsp3) is 0.417. The van der Waals surface area contributed by atoms with Gasteiger partial charge in [0.05, 0.1) is 11.0 Å². The van der Waals surface area contributed by atoms with E-state index in [1.807, 2.05) is 6.92 Å². The first-order chi connectivity index (χ1) is 9.10. The second kappa shape index (κ2) is 5.66. The van der Waals surface area contributed by atoms with Gasteiger partial charge in [0.15, 0.2) is 5.58 Å². The lowest BCUT2D eigenvalue weighted by atomic mass is 10.1. The van der Waals surface area contributed by atoms with Gasteiger partial charge in [-0.25, -0.2) is 0 Å². The summed E-state index contributed by atoms with van der Waals surface area (Å²) in [4.78, 5) is 14.4. The van der Waals surface area contributed by atoms with Gasteiger partial charge in [0.25, 0.3) is 11.7 Å². The van der Waals surface area contributed by atoms with Gasteiger partial charge in [0, 0.05) is 19.2 Å². The molecule has 1 heterocycles. The summed E-state index contributed by atoms with van der Waals surface area (Å²) in [5, 5.41) is 22.5. The third-order valence-corrected chi connectivity index (χ3v) is 2.81. The van der Waals surface area contributed by atoms with Crippen molar-refractivity contribution in [2.75, 3.05) is 18.5 Å². The largest absolute Gasteiger partial charge is 0.423 e. The zero-order valence-corrected chi connectivity index (χ0v) is 10.5. The van der Waals surface area contributed by atoms with Crippen molar-refractivity contribution in [1.82, 2.24) is 4.98 Å². The van der Waals surface area contributed by atoms with Crippen LogP contribution in [-0.4, -0.2) is 28.2 Å². The molecule has 19 heavy (non-hydrogen) atoms. The number of aromatic nitrogens is 1. The summed E-state index contributed by atoms with van der Waals surface area (Å²) in [5.74, 6) is 0.286. The van der Waals surface area contributed by atoms with Crippen molar-refractivity contribution in [2.24, 2.45) is 5.92 Å². The molecule has 1 aromatic carbocycles. The number of hydrogen-bond acceptors (Lipinski definition) is 6. The molecule has 7 heteroatoms. The van der Waals surface area contributed by atoms with Gasteiger partial charge < -0.3 is 14.8 Å². The maximum Gasteiger partial charge on any atom is 0.295 e. The van der Waals surface area contributed by atoms with Gasteiger partial charge in [-0.15, -0.1) is 0 Å². The predicted octanol–water partition coefficient (Wildman–Crippen LogP) is 2.17. The molecule has 102 valence electrons. The third-order valence-electron chi connectivity index (χ3n) is 2.81. The quantitative estimate of drug-likeness (QED) is 0.613. The van der Waals surface area contributed by atoms with Gasteiger partial charge in [-0.1, -0.05) is 6.92 Å². The van der Waals surface area contributed by atoms with Gasteiger partial charge in [0.2, 0.25) is 0 Å². The van der Waals surface area contributed by atoms with Crippen molar-refractivity contribution < 1.29 is 14.4 Å². The number of hydrogen-bond donors (Lipinski definition) is 2. The zero-order chi connectivity index (χ0) is 13.8. The van der Waals surface area contributed by atoms with E-state index in [0.717, 1.165) is 0 Å². The lowest BCUT2D eigenvalue weighted by Gasteiger charge is -2.08. The highest BCUT2D eigenvalue weighted by Gasteiger charge is 2.12. The van der Waals surface area contributed by atoms with Crippen LogP contribution in [0.15, 0.2) is 22.6 Å². The summed E-state index contributed by atoms with van der Waals surface area (Å²) in [6.07, 6.45) is 0.693. The molecule has 1 unspecified atom stereocenters. The lowest BCUT2D eigenvalue weighted by molar-refractivity contribution is -0.384. The van der Waals surface area contributed by atoms with E-state index >= 15 is 0 Å². The highest BCUT2D eigenvalue weighted by Crippen LogP contribution is 2.23. The first-order valence-corrected chi connectivity index (χ1v) is 6.00. The third kappa shape index (κ3) is 3.19. The predicted molar refractivity (Wildman–Crippen MR) is 70.0 cm³/mol. The highest BCUT2D eigenvalue weighted by molar-refractivity contribution is 5.77. The van der Waals surface area contributed by atoms with Crippen LogP contribution in [0.4, 0.5) is 11.7 Å². The number of rotatable bonds is 6. The topological polar surface area (TPSA) is 101 Å². The molecule has 0 amide bonds. The van der Waals surface area contributed by atoms with Crippen molar-refractivity contribution in [1.29, 1.82) is 0 Å². The number of aliphatic hydroxyl groups excluding tert-OH is 1. The summed E-state index contributed by atoms with van der Waals surface area (Å²) in [7, 11) is 0. The van der Waals surface area contributed by atoms with Crippen LogP contribution in [0.5, 0.6) is 0 Å². The Bertz CT molecular complexity index is 581. The summed E-state index contributed by atoms with van der Waals surface area (Å²) in [6.45, 7) is 2.76. The van der Waals surface area contributed by atoms with Crippen LogP contribution in [0.1, 0.15) is 13.3 Å². The summed E-state index contributed by atoms with van der Waals surface area (Å²) >= 11 is 0. The zero-order valence-electron chi connectivity index (χ0n) is 10.5. The molecule has 0 aliphatic heterocycles. The molecule has 1 aromatic heterocycles. The number of aliphatic hydroxyl groups is 1. The van der Waals surface area contributed by atoms with Gasteiger partial charge >= 0.3 is 0 Å². The van der Waals surface area contributed by atoms with E-state index in [1.165, 1.54) is 12.1 Å². The van der Waals surface area contributed by atoms with Crippen molar-refractivity contribution in [3.05, 3.63) is 28.3 Å². The van der Waals surface area contributed by atoms with Crippen LogP contribution in [0.25, 0.3) is 11.1 Å². The van der Waals surface area contributed by atoms with Crippen molar-refractivity contribution in [3.63, 3.8) is 0 Å². The molecule has 0 spiro atoms. The molecular formula is C12H15N3O4. The minimum atomic E-state index is -0.474.